The van der Waals surface area contributed by atoms with E-state index in [-0.39, 0.29) is 5.41 Å². The Labute approximate surface area is 108 Å². The lowest BCUT2D eigenvalue weighted by atomic mass is 10.0. The lowest BCUT2D eigenvalue weighted by Gasteiger charge is -2.08. The summed E-state index contributed by atoms with van der Waals surface area (Å²) in [6, 6.07) is 4.73. The van der Waals surface area contributed by atoms with Crippen molar-refractivity contribution >= 4 is 0 Å². The highest BCUT2D eigenvalue weighted by atomic mass is 19.2. The molecule has 0 saturated heterocycles. The Morgan fingerprint density at radius 3 is 2.44 bits per heavy atom. The van der Waals surface area contributed by atoms with Crippen molar-refractivity contribution < 1.29 is 8.78 Å². The fraction of sp³-hybridized carbons (Fsp3) is 0.600. The third kappa shape index (κ3) is 2.41. The van der Waals surface area contributed by atoms with Crippen LogP contribution in [0.3, 0.4) is 0 Å². The molecular weight excluding hydrogens is 232 g/mol. The van der Waals surface area contributed by atoms with Crippen LogP contribution in [0.1, 0.15) is 39.2 Å². The number of nitrogens with one attached hydrogen (secondary N) is 1. The zero-order valence-corrected chi connectivity index (χ0v) is 11.4. The maximum Gasteiger partial charge on any atom is 0.159 e. The summed E-state index contributed by atoms with van der Waals surface area (Å²) >= 11 is 0. The van der Waals surface area contributed by atoms with Crippen molar-refractivity contribution in [2.45, 2.75) is 39.7 Å². The van der Waals surface area contributed by atoms with E-state index in [1.165, 1.54) is 12.1 Å². The molecule has 1 aromatic carbocycles. The van der Waals surface area contributed by atoms with Crippen LogP contribution in [0.2, 0.25) is 0 Å². The zero-order chi connectivity index (χ0) is 13.5. The van der Waals surface area contributed by atoms with Crippen LogP contribution in [0.15, 0.2) is 18.2 Å². The van der Waals surface area contributed by atoms with E-state index in [1.54, 1.807) is 6.07 Å². The summed E-state index contributed by atoms with van der Waals surface area (Å²) < 4.78 is 26.2. The summed E-state index contributed by atoms with van der Waals surface area (Å²) in [5, 5.41) is 3.42. The number of hydrogen-bond acceptors (Lipinski definition) is 1. The van der Waals surface area contributed by atoms with E-state index in [0.29, 0.717) is 17.9 Å². The van der Waals surface area contributed by atoms with Crippen LogP contribution in [0, 0.1) is 23.0 Å². The standard InChI is InChI=1S/C15H21F2N/c1-9(2)18-8-11-14(15(11,3)4)10-5-6-12(16)13(17)7-10/h5-7,9,11,14,18H,8H2,1-4H3. The molecule has 0 bridgehead atoms. The van der Waals surface area contributed by atoms with Gasteiger partial charge in [-0.3, -0.25) is 0 Å². The second kappa shape index (κ2) is 4.61. The van der Waals surface area contributed by atoms with Crippen molar-refractivity contribution in [3.8, 4) is 0 Å². The highest BCUT2D eigenvalue weighted by molar-refractivity contribution is 5.32. The second-order valence-electron chi connectivity index (χ2n) is 6.14. The average Bonchev–Trinajstić information content (AvgIpc) is 2.82. The average molecular weight is 253 g/mol. The van der Waals surface area contributed by atoms with Gasteiger partial charge in [-0.15, -0.1) is 0 Å². The van der Waals surface area contributed by atoms with Gasteiger partial charge in [-0.05, 0) is 41.5 Å². The first-order chi connectivity index (χ1) is 8.34. The number of halogens is 2. The van der Waals surface area contributed by atoms with E-state index in [4.69, 9.17) is 0 Å². The third-order valence-electron chi connectivity index (χ3n) is 4.10. The van der Waals surface area contributed by atoms with Crippen LogP contribution in [-0.2, 0) is 0 Å². The monoisotopic (exact) mass is 253 g/mol. The summed E-state index contributed by atoms with van der Waals surface area (Å²) in [4.78, 5) is 0. The van der Waals surface area contributed by atoms with Gasteiger partial charge in [0.25, 0.3) is 0 Å². The molecule has 1 aromatic rings. The van der Waals surface area contributed by atoms with Gasteiger partial charge in [0.2, 0.25) is 0 Å². The van der Waals surface area contributed by atoms with Crippen molar-refractivity contribution in [2.24, 2.45) is 11.3 Å². The van der Waals surface area contributed by atoms with Crippen molar-refractivity contribution in [1.82, 2.24) is 5.32 Å². The maximum atomic E-state index is 13.3. The van der Waals surface area contributed by atoms with Gasteiger partial charge < -0.3 is 5.32 Å². The third-order valence-corrected chi connectivity index (χ3v) is 4.10. The van der Waals surface area contributed by atoms with Gasteiger partial charge >= 0.3 is 0 Å². The van der Waals surface area contributed by atoms with Gasteiger partial charge in [0.05, 0.1) is 0 Å². The molecule has 1 aliphatic carbocycles. The Bertz CT molecular complexity index is 440. The van der Waals surface area contributed by atoms with Crippen molar-refractivity contribution in [3.05, 3.63) is 35.4 Å². The summed E-state index contributed by atoms with van der Waals surface area (Å²) in [5.74, 6) is -0.705. The fourth-order valence-corrected chi connectivity index (χ4v) is 2.86. The molecule has 0 aromatic heterocycles. The molecule has 3 heteroatoms. The molecule has 2 rings (SSSR count). The minimum Gasteiger partial charge on any atom is -0.314 e. The molecule has 1 N–H and O–H groups in total. The van der Waals surface area contributed by atoms with Crippen LogP contribution in [0.25, 0.3) is 0 Å². The Kier molecular flexibility index (Phi) is 3.45. The quantitative estimate of drug-likeness (QED) is 0.862. The molecule has 1 saturated carbocycles. The van der Waals surface area contributed by atoms with E-state index < -0.39 is 11.6 Å². The predicted octanol–water partition coefficient (Wildman–Crippen LogP) is 3.70. The lowest BCUT2D eigenvalue weighted by molar-refractivity contribution is 0.491. The molecule has 0 heterocycles. The van der Waals surface area contributed by atoms with Crippen LogP contribution in [-0.4, -0.2) is 12.6 Å². The first-order valence-corrected chi connectivity index (χ1v) is 6.52. The molecule has 1 aliphatic rings. The topological polar surface area (TPSA) is 12.0 Å². The first-order valence-electron chi connectivity index (χ1n) is 6.52. The van der Waals surface area contributed by atoms with Crippen molar-refractivity contribution in [2.75, 3.05) is 6.54 Å². The fourth-order valence-electron chi connectivity index (χ4n) is 2.86. The van der Waals surface area contributed by atoms with Crippen molar-refractivity contribution in [1.29, 1.82) is 0 Å². The number of benzene rings is 1. The van der Waals surface area contributed by atoms with Gasteiger partial charge in [0.15, 0.2) is 11.6 Å². The van der Waals surface area contributed by atoms with Gasteiger partial charge in [0, 0.05) is 6.04 Å². The predicted molar refractivity (Wildman–Crippen MR) is 69.5 cm³/mol. The molecule has 0 radical (unpaired) electrons. The van der Waals surface area contributed by atoms with E-state index >= 15 is 0 Å². The molecule has 1 fully saturated rings. The molecule has 100 valence electrons. The van der Waals surface area contributed by atoms with Crippen LogP contribution in [0.5, 0.6) is 0 Å². The summed E-state index contributed by atoms with van der Waals surface area (Å²) in [5.41, 5.74) is 1.07. The van der Waals surface area contributed by atoms with E-state index in [0.717, 1.165) is 12.1 Å². The van der Waals surface area contributed by atoms with Crippen LogP contribution >= 0.6 is 0 Å². The highest BCUT2D eigenvalue weighted by Gasteiger charge is 2.57. The van der Waals surface area contributed by atoms with E-state index in [1.807, 2.05) is 0 Å². The largest absolute Gasteiger partial charge is 0.314 e. The first kappa shape index (κ1) is 13.5. The molecule has 0 amide bonds. The molecule has 18 heavy (non-hydrogen) atoms. The Morgan fingerprint density at radius 1 is 1.22 bits per heavy atom. The molecular formula is C15H21F2N. The van der Waals surface area contributed by atoms with E-state index in [9.17, 15) is 8.78 Å². The summed E-state index contributed by atoms with van der Waals surface area (Å²) in [7, 11) is 0. The van der Waals surface area contributed by atoms with Gasteiger partial charge in [-0.25, -0.2) is 8.78 Å². The number of hydrogen-bond donors (Lipinski definition) is 1. The van der Waals surface area contributed by atoms with E-state index in [2.05, 4.69) is 33.0 Å². The summed E-state index contributed by atoms with van der Waals surface area (Å²) in [6.07, 6.45) is 0. The van der Waals surface area contributed by atoms with Crippen LogP contribution in [0.4, 0.5) is 8.78 Å². The zero-order valence-electron chi connectivity index (χ0n) is 11.4. The molecule has 2 unspecified atom stereocenters. The SMILES string of the molecule is CC(C)NCC1C(c2ccc(F)c(F)c2)C1(C)C. The normalized spacial score (nSPS) is 25.5. The smallest absolute Gasteiger partial charge is 0.159 e. The molecule has 0 aliphatic heterocycles. The lowest BCUT2D eigenvalue weighted by Crippen LogP contribution is -2.26. The Morgan fingerprint density at radius 2 is 1.89 bits per heavy atom. The minimum atomic E-state index is -0.769. The Balaban J connectivity index is 2.11. The highest BCUT2D eigenvalue weighted by Crippen LogP contribution is 2.64. The van der Waals surface area contributed by atoms with Gasteiger partial charge in [-0.1, -0.05) is 33.8 Å². The summed E-state index contributed by atoms with van der Waals surface area (Å²) in [6.45, 7) is 9.52. The van der Waals surface area contributed by atoms with Gasteiger partial charge in [0.1, 0.15) is 0 Å². The Hall–Kier alpha value is -0.960. The van der Waals surface area contributed by atoms with Gasteiger partial charge in [-0.2, -0.15) is 0 Å². The van der Waals surface area contributed by atoms with Crippen molar-refractivity contribution in [3.63, 3.8) is 0 Å². The minimum absolute atomic E-state index is 0.159. The van der Waals surface area contributed by atoms with Crippen LogP contribution < -0.4 is 5.32 Å². The number of rotatable bonds is 4. The molecule has 1 nitrogen and oxygen atoms in total. The molecule has 0 spiro atoms. The molecule has 2 atom stereocenters. The maximum absolute atomic E-state index is 13.3. The second-order valence-corrected chi connectivity index (χ2v) is 6.14.